The SMILES string of the molecule is COc1ccccc1C(=O)N1CCCC1CCCCl. The molecule has 0 saturated carbocycles. The molecule has 19 heavy (non-hydrogen) atoms. The average Bonchev–Trinajstić information content (AvgIpc) is 2.92. The summed E-state index contributed by atoms with van der Waals surface area (Å²) in [7, 11) is 1.60. The maximum Gasteiger partial charge on any atom is 0.257 e. The third-order valence-electron chi connectivity index (χ3n) is 3.65. The van der Waals surface area contributed by atoms with Gasteiger partial charge in [0.1, 0.15) is 5.75 Å². The molecule has 104 valence electrons. The number of para-hydroxylation sites is 1. The number of hydrogen-bond acceptors (Lipinski definition) is 2. The van der Waals surface area contributed by atoms with E-state index in [1.54, 1.807) is 7.11 Å². The van der Waals surface area contributed by atoms with Crippen molar-refractivity contribution in [1.29, 1.82) is 0 Å². The molecule has 0 spiro atoms. The first-order valence-electron chi connectivity index (χ1n) is 6.78. The van der Waals surface area contributed by atoms with Crippen molar-refractivity contribution < 1.29 is 9.53 Å². The van der Waals surface area contributed by atoms with Crippen LogP contribution in [0.5, 0.6) is 5.75 Å². The van der Waals surface area contributed by atoms with Crippen LogP contribution in [-0.4, -0.2) is 36.4 Å². The highest BCUT2D eigenvalue weighted by atomic mass is 35.5. The van der Waals surface area contributed by atoms with Crippen LogP contribution in [0.25, 0.3) is 0 Å². The van der Waals surface area contributed by atoms with Gasteiger partial charge in [-0.3, -0.25) is 4.79 Å². The van der Waals surface area contributed by atoms with Gasteiger partial charge in [-0.1, -0.05) is 12.1 Å². The maximum atomic E-state index is 12.6. The minimum atomic E-state index is 0.0783. The van der Waals surface area contributed by atoms with Crippen molar-refractivity contribution in [2.45, 2.75) is 31.7 Å². The molecule has 0 aliphatic carbocycles. The molecule has 1 aromatic carbocycles. The van der Waals surface area contributed by atoms with Gasteiger partial charge in [0.15, 0.2) is 0 Å². The van der Waals surface area contributed by atoms with Gasteiger partial charge in [-0.05, 0) is 37.8 Å². The molecule has 1 fully saturated rings. The fourth-order valence-corrected chi connectivity index (χ4v) is 2.85. The first-order chi connectivity index (χ1) is 9.27. The summed E-state index contributed by atoms with van der Waals surface area (Å²) in [6.07, 6.45) is 4.11. The van der Waals surface area contributed by atoms with Crippen LogP contribution < -0.4 is 4.74 Å². The molecular weight excluding hydrogens is 262 g/mol. The number of rotatable bonds is 5. The fraction of sp³-hybridized carbons (Fsp3) is 0.533. The highest BCUT2D eigenvalue weighted by Crippen LogP contribution is 2.27. The van der Waals surface area contributed by atoms with E-state index < -0.39 is 0 Å². The van der Waals surface area contributed by atoms with Crippen molar-refractivity contribution in [2.24, 2.45) is 0 Å². The second-order valence-corrected chi connectivity index (χ2v) is 5.20. The number of benzene rings is 1. The molecule has 4 heteroatoms. The van der Waals surface area contributed by atoms with Crippen LogP contribution in [0, 0.1) is 0 Å². The molecule has 1 unspecified atom stereocenters. The third-order valence-corrected chi connectivity index (χ3v) is 3.91. The molecule has 1 heterocycles. The highest BCUT2D eigenvalue weighted by molar-refractivity contribution is 6.17. The van der Waals surface area contributed by atoms with E-state index in [-0.39, 0.29) is 5.91 Å². The summed E-state index contributed by atoms with van der Waals surface area (Å²) in [6.45, 7) is 0.837. The van der Waals surface area contributed by atoms with E-state index in [1.165, 1.54) is 0 Å². The minimum Gasteiger partial charge on any atom is -0.496 e. The summed E-state index contributed by atoms with van der Waals surface area (Å²) in [5.74, 6) is 1.39. The predicted molar refractivity (Wildman–Crippen MR) is 77.0 cm³/mol. The number of carbonyl (C=O) groups excluding carboxylic acids is 1. The Labute approximate surface area is 119 Å². The first kappa shape index (κ1) is 14.2. The Morgan fingerprint density at radius 2 is 2.26 bits per heavy atom. The van der Waals surface area contributed by atoms with E-state index in [9.17, 15) is 4.79 Å². The van der Waals surface area contributed by atoms with Crippen LogP contribution >= 0.6 is 11.6 Å². The van der Waals surface area contributed by atoms with E-state index in [0.717, 1.165) is 32.2 Å². The van der Waals surface area contributed by atoms with Gasteiger partial charge in [0.25, 0.3) is 5.91 Å². The molecule has 1 amide bonds. The molecule has 0 aromatic heterocycles. The number of amides is 1. The summed E-state index contributed by atoms with van der Waals surface area (Å²) < 4.78 is 5.27. The Hall–Kier alpha value is -1.22. The molecule has 1 aliphatic rings. The zero-order chi connectivity index (χ0) is 13.7. The van der Waals surface area contributed by atoms with Crippen molar-refractivity contribution in [2.75, 3.05) is 19.5 Å². The largest absolute Gasteiger partial charge is 0.496 e. The highest BCUT2D eigenvalue weighted by Gasteiger charge is 2.30. The summed E-state index contributed by atoms with van der Waals surface area (Å²) >= 11 is 5.75. The topological polar surface area (TPSA) is 29.5 Å². The Bertz CT molecular complexity index is 436. The normalized spacial score (nSPS) is 18.6. The number of ether oxygens (including phenoxy) is 1. The molecule has 0 N–H and O–H groups in total. The zero-order valence-electron chi connectivity index (χ0n) is 11.3. The van der Waals surface area contributed by atoms with Crippen molar-refractivity contribution in [3.8, 4) is 5.75 Å². The number of halogens is 1. The summed E-state index contributed by atoms with van der Waals surface area (Å²) in [5.41, 5.74) is 0.655. The van der Waals surface area contributed by atoms with Gasteiger partial charge in [0.05, 0.1) is 12.7 Å². The first-order valence-corrected chi connectivity index (χ1v) is 7.31. The van der Waals surface area contributed by atoms with Crippen LogP contribution in [0.15, 0.2) is 24.3 Å². The predicted octanol–water partition coefficient (Wildman–Crippen LogP) is 3.32. The van der Waals surface area contributed by atoms with Crippen molar-refractivity contribution in [1.82, 2.24) is 4.90 Å². The van der Waals surface area contributed by atoms with E-state index >= 15 is 0 Å². The average molecular weight is 282 g/mol. The number of alkyl halides is 1. The van der Waals surface area contributed by atoms with Gasteiger partial charge in [0, 0.05) is 18.5 Å². The number of nitrogens with zero attached hydrogens (tertiary/aromatic N) is 1. The molecule has 1 aliphatic heterocycles. The lowest BCUT2D eigenvalue weighted by Crippen LogP contribution is -2.35. The quantitative estimate of drug-likeness (QED) is 0.775. The van der Waals surface area contributed by atoms with E-state index in [2.05, 4.69) is 0 Å². The molecule has 2 rings (SSSR count). The summed E-state index contributed by atoms with van der Waals surface area (Å²) in [4.78, 5) is 14.6. The van der Waals surface area contributed by atoms with Crippen LogP contribution in [0.3, 0.4) is 0 Å². The lowest BCUT2D eigenvalue weighted by molar-refractivity contribution is 0.0727. The van der Waals surface area contributed by atoms with Gasteiger partial charge >= 0.3 is 0 Å². The number of methoxy groups -OCH3 is 1. The van der Waals surface area contributed by atoms with Gasteiger partial charge < -0.3 is 9.64 Å². The molecule has 1 aromatic rings. The van der Waals surface area contributed by atoms with E-state index in [0.29, 0.717) is 23.2 Å². The third kappa shape index (κ3) is 3.21. The van der Waals surface area contributed by atoms with Gasteiger partial charge in [0.2, 0.25) is 0 Å². The maximum absolute atomic E-state index is 12.6. The Morgan fingerprint density at radius 1 is 1.47 bits per heavy atom. The Kier molecular flexibility index (Phi) is 5.08. The van der Waals surface area contributed by atoms with Crippen molar-refractivity contribution >= 4 is 17.5 Å². The second-order valence-electron chi connectivity index (χ2n) is 4.83. The molecule has 1 saturated heterocycles. The number of carbonyl (C=O) groups is 1. The summed E-state index contributed by atoms with van der Waals surface area (Å²) in [5, 5.41) is 0. The minimum absolute atomic E-state index is 0.0783. The monoisotopic (exact) mass is 281 g/mol. The Balaban J connectivity index is 2.13. The zero-order valence-corrected chi connectivity index (χ0v) is 12.0. The Morgan fingerprint density at radius 3 is 3.00 bits per heavy atom. The van der Waals surface area contributed by atoms with Gasteiger partial charge in [-0.2, -0.15) is 0 Å². The molecule has 0 bridgehead atoms. The molecule has 0 radical (unpaired) electrons. The number of hydrogen-bond donors (Lipinski definition) is 0. The fourth-order valence-electron chi connectivity index (χ4n) is 2.69. The van der Waals surface area contributed by atoms with E-state index in [1.807, 2.05) is 29.2 Å². The van der Waals surface area contributed by atoms with Crippen molar-refractivity contribution in [3.05, 3.63) is 29.8 Å². The van der Waals surface area contributed by atoms with E-state index in [4.69, 9.17) is 16.3 Å². The van der Waals surface area contributed by atoms with Gasteiger partial charge in [-0.25, -0.2) is 0 Å². The molecule has 1 atom stereocenters. The van der Waals surface area contributed by atoms with Gasteiger partial charge in [-0.15, -0.1) is 11.6 Å². The lowest BCUT2D eigenvalue weighted by atomic mass is 10.1. The van der Waals surface area contributed by atoms with Crippen LogP contribution in [0.2, 0.25) is 0 Å². The van der Waals surface area contributed by atoms with Crippen LogP contribution in [0.1, 0.15) is 36.0 Å². The standard InChI is InChI=1S/C15H20ClNO2/c1-19-14-9-3-2-8-13(14)15(18)17-11-5-7-12(17)6-4-10-16/h2-3,8-9,12H,4-7,10-11H2,1H3. The molecular formula is C15H20ClNO2. The van der Waals surface area contributed by atoms with Crippen LogP contribution in [0.4, 0.5) is 0 Å². The smallest absolute Gasteiger partial charge is 0.257 e. The second kappa shape index (κ2) is 6.80. The lowest BCUT2D eigenvalue weighted by Gasteiger charge is -2.25. The van der Waals surface area contributed by atoms with Crippen LogP contribution in [-0.2, 0) is 0 Å². The summed E-state index contributed by atoms with van der Waals surface area (Å²) in [6, 6.07) is 7.75. The molecule has 3 nitrogen and oxygen atoms in total. The van der Waals surface area contributed by atoms with Crippen molar-refractivity contribution in [3.63, 3.8) is 0 Å². The number of likely N-dealkylation sites (tertiary alicyclic amines) is 1.